The summed E-state index contributed by atoms with van der Waals surface area (Å²) in [6.07, 6.45) is 1.10. The van der Waals surface area contributed by atoms with E-state index in [1.54, 1.807) is 12.1 Å². The summed E-state index contributed by atoms with van der Waals surface area (Å²) in [5.74, 6) is 0.611. The number of nitrogens with zero attached hydrogens (tertiary/aromatic N) is 2. The normalized spacial score (nSPS) is 11.3. The number of phenolic OH excluding ortho intramolecular Hbond substituents is 1. The van der Waals surface area contributed by atoms with Crippen LogP contribution in [0.3, 0.4) is 0 Å². The number of benzene rings is 1. The Labute approximate surface area is 126 Å². The summed E-state index contributed by atoms with van der Waals surface area (Å²) in [5, 5.41) is 10.7. The summed E-state index contributed by atoms with van der Waals surface area (Å²) in [4.78, 5) is 4.46. The molecule has 0 saturated carbocycles. The summed E-state index contributed by atoms with van der Waals surface area (Å²) in [7, 11) is 5.68. The summed E-state index contributed by atoms with van der Waals surface area (Å²) < 4.78 is 5.13. The lowest BCUT2D eigenvalue weighted by molar-refractivity contribution is 0.255. The topological polar surface area (TPSA) is 35.9 Å². The number of ether oxygens (including phenoxy) is 1. The lowest BCUT2D eigenvalue weighted by Gasteiger charge is -2.22. The first kappa shape index (κ1) is 17.1. The van der Waals surface area contributed by atoms with Crippen molar-refractivity contribution in [2.45, 2.75) is 19.9 Å². The predicted octanol–water partition coefficient (Wildman–Crippen LogP) is 2.83. The van der Waals surface area contributed by atoms with Crippen LogP contribution in [0.25, 0.3) is 0 Å². The van der Waals surface area contributed by atoms with Crippen molar-refractivity contribution in [1.29, 1.82) is 0 Å². The molecule has 0 fully saturated rings. The number of aromatic hydroxyl groups is 1. The molecule has 0 atom stereocenters. The Hall–Kier alpha value is -0.970. The maximum absolute atomic E-state index is 10.2. The van der Waals surface area contributed by atoms with Crippen LogP contribution in [-0.4, -0.2) is 55.7 Å². The summed E-state index contributed by atoms with van der Waals surface area (Å²) in [6.45, 7) is 5.77. The van der Waals surface area contributed by atoms with Crippen molar-refractivity contribution in [3.05, 3.63) is 22.7 Å². The van der Waals surface area contributed by atoms with Crippen LogP contribution in [0.15, 0.2) is 12.1 Å². The first-order chi connectivity index (χ1) is 9.47. The Morgan fingerprint density at radius 1 is 1.25 bits per heavy atom. The van der Waals surface area contributed by atoms with Crippen LogP contribution in [0.4, 0.5) is 0 Å². The zero-order valence-electron chi connectivity index (χ0n) is 12.8. The van der Waals surface area contributed by atoms with Crippen molar-refractivity contribution in [3.63, 3.8) is 0 Å². The van der Waals surface area contributed by atoms with Crippen LogP contribution >= 0.6 is 11.6 Å². The van der Waals surface area contributed by atoms with Gasteiger partial charge in [-0.2, -0.15) is 0 Å². The van der Waals surface area contributed by atoms with Gasteiger partial charge in [0.15, 0.2) is 11.5 Å². The van der Waals surface area contributed by atoms with Crippen LogP contribution < -0.4 is 4.74 Å². The van der Waals surface area contributed by atoms with Crippen molar-refractivity contribution in [2.75, 3.05) is 40.8 Å². The minimum Gasteiger partial charge on any atom is -0.504 e. The molecule has 0 aliphatic carbocycles. The minimum absolute atomic E-state index is 0.183. The number of rotatable bonds is 8. The monoisotopic (exact) mass is 300 g/mol. The number of methoxy groups -OCH3 is 1. The molecule has 0 unspecified atom stereocenters. The third-order valence-electron chi connectivity index (χ3n) is 3.26. The van der Waals surface area contributed by atoms with Gasteiger partial charge in [0.25, 0.3) is 0 Å². The Morgan fingerprint density at radius 3 is 2.50 bits per heavy atom. The molecule has 4 nitrogen and oxygen atoms in total. The molecule has 0 saturated heterocycles. The van der Waals surface area contributed by atoms with E-state index in [-0.39, 0.29) is 5.75 Å². The van der Waals surface area contributed by atoms with Crippen LogP contribution in [0.2, 0.25) is 5.02 Å². The van der Waals surface area contributed by atoms with Crippen LogP contribution in [-0.2, 0) is 6.54 Å². The van der Waals surface area contributed by atoms with Crippen LogP contribution in [0.1, 0.15) is 18.9 Å². The molecule has 0 aliphatic heterocycles. The Morgan fingerprint density at radius 2 is 1.95 bits per heavy atom. The second kappa shape index (κ2) is 8.35. The number of hydrogen-bond donors (Lipinski definition) is 1. The van der Waals surface area contributed by atoms with Crippen LogP contribution in [0, 0.1) is 0 Å². The van der Waals surface area contributed by atoms with Gasteiger partial charge in [-0.25, -0.2) is 0 Å². The third-order valence-corrected chi connectivity index (χ3v) is 3.48. The van der Waals surface area contributed by atoms with E-state index in [4.69, 9.17) is 16.3 Å². The van der Waals surface area contributed by atoms with Gasteiger partial charge in [-0.3, -0.25) is 4.90 Å². The van der Waals surface area contributed by atoms with Crippen molar-refractivity contribution >= 4 is 11.6 Å². The Bertz CT molecular complexity index is 425. The fourth-order valence-corrected chi connectivity index (χ4v) is 2.34. The molecule has 114 valence electrons. The van der Waals surface area contributed by atoms with Crippen molar-refractivity contribution in [2.24, 2.45) is 0 Å². The first-order valence-electron chi connectivity index (χ1n) is 6.90. The van der Waals surface area contributed by atoms with Crippen molar-refractivity contribution < 1.29 is 9.84 Å². The number of halogens is 1. The van der Waals surface area contributed by atoms with E-state index in [9.17, 15) is 5.11 Å². The molecular formula is C15H25ClN2O2. The Balaban J connectivity index is 2.72. The predicted molar refractivity (Wildman–Crippen MR) is 83.8 cm³/mol. The third kappa shape index (κ3) is 5.19. The molecule has 1 aromatic carbocycles. The van der Waals surface area contributed by atoms with Gasteiger partial charge in [0.05, 0.1) is 7.11 Å². The molecule has 0 heterocycles. The van der Waals surface area contributed by atoms with Gasteiger partial charge in [0.2, 0.25) is 0 Å². The van der Waals surface area contributed by atoms with Crippen molar-refractivity contribution in [1.82, 2.24) is 9.80 Å². The largest absolute Gasteiger partial charge is 0.504 e. The van der Waals surface area contributed by atoms with Crippen molar-refractivity contribution in [3.8, 4) is 11.5 Å². The molecule has 0 aliphatic rings. The summed E-state index contributed by atoms with van der Waals surface area (Å²) in [5.41, 5.74) is 0.807. The summed E-state index contributed by atoms with van der Waals surface area (Å²) >= 11 is 6.06. The molecular weight excluding hydrogens is 276 g/mol. The van der Waals surface area contributed by atoms with Gasteiger partial charge in [-0.1, -0.05) is 18.5 Å². The van der Waals surface area contributed by atoms with Gasteiger partial charge in [-0.05, 0) is 46.2 Å². The maximum Gasteiger partial charge on any atom is 0.162 e. The van der Waals surface area contributed by atoms with Gasteiger partial charge >= 0.3 is 0 Å². The van der Waals surface area contributed by atoms with E-state index in [1.807, 2.05) is 0 Å². The second-order valence-electron chi connectivity index (χ2n) is 5.14. The van der Waals surface area contributed by atoms with Gasteiger partial charge in [0, 0.05) is 23.2 Å². The molecule has 0 amide bonds. The highest BCUT2D eigenvalue weighted by molar-refractivity contribution is 6.30. The standard InChI is InChI=1S/C15H25ClN2O2/c1-5-18(8-6-7-17(2)3)11-12-9-13(16)10-14(20-4)15(12)19/h9-10,19H,5-8,11H2,1-4H3. The highest BCUT2D eigenvalue weighted by Gasteiger charge is 2.13. The van der Waals surface area contributed by atoms with Crippen LogP contribution in [0.5, 0.6) is 11.5 Å². The molecule has 0 spiro atoms. The zero-order valence-corrected chi connectivity index (χ0v) is 13.6. The molecule has 0 radical (unpaired) electrons. The first-order valence-corrected chi connectivity index (χ1v) is 7.28. The molecule has 0 aromatic heterocycles. The van der Waals surface area contributed by atoms with Gasteiger partial charge in [0.1, 0.15) is 0 Å². The second-order valence-corrected chi connectivity index (χ2v) is 5.58. The average molecular weight is 301 g/mol. The fraction of sp³-hybridized carbons (Fsp3) is 0.600. The lowest BCUT2D eigenvalue weighted by Crippen LogP contribution is -2.27. The van der Waals surface area contributed by atoms with E-state index >= 15 is 0 Å². The van der Waals surface area contributed by atoms with E-state index < -0.39 is 0 Å². The molecule has 1 aromatic rings. The van der Waals surface area contributed by atoms with E-state index in [1.165, 1.54) is 7.11 Å². The molecule has 5 heteroatoms. The molecule has 20 heavy (non-hydrogen) atoms. The minimum atomic E-state index is 0.183. The van der Waals surface area contributed by atoms with E-state index in [0.717, 1.165) is 31.6 Å². The highest BCUT2D eigenvalue weighted by Crippen LogP contribution is 2.34. The number of hydrogen-bond acceptors (Lipinski definition) is 4. The Kier molecular flexibility index (Phi) is 7.13. The molecule has 0 bridgehead atoms. The average Bonchev–Trinajstić information content (AvgIpc) is 2.40. The quantitative estimate of drug-likeness (QED) is 0.801. The zero-order chi connectivity index (χ0) is 15.1. The fourth-order valence-electron chi connectivity index (χ4n) is 2.10. The lowest BCUT2D eigenvalue weighted by atomic mass is 10.1. The van der Waals surface area contributed by atoms with E-state index in [2.05, 4.69) is 30.8 Å². The molecule has 1 rings (SSSR count). The smallest absolute Gasteiger partial charge is 0.162 e. The SMILES string of the molecule is CCN(CCCN(C)C)Cc1cc(Cl)cc(OC)c1O. The van der Waals surface area contributed by atoms with E-state index in [0.29, 0.717) is 17.3 Å². The van der Waals surface area contributed by atoms with Gasteiger partial charge in [-0.15, -0.1) is 0 Å². The molecule has 1 N–H and O–H groups in total. The number of phenols is 1. The van der Waals surface area contributed by atoms with Gasteiger partial charge < -0.3 is 14.7 Å². The highest BCUT2D eigenvalue weighted by atomic mass is 35.5. The maximum atomic E-state index is 10.2. The summed E-state index contributed by atoms with van der Waals surface area (Å²) in [6, 6.07) is 3.43.